The van der Waals surface area contributed by atoms with E-state index in [1.165, 1.54) is 10.8 Å². The lowest BCUT2D eigenvalue weighted by atomic mass is 10.0. The highest BCUT2D eigenvalue weighted by Gasteiger charge is 2.16. The van der Waals surface area contributed by atoms with Crippen molar-refractivity contribution in [1.82, 2.24) is 5.32 Å². The lowest BCUT2D eigenvalue weighted by Crippen LogP contribution is -2.31. The second kappa shape index (κ2) is 6.72. The van der Waals surface area contributed by atoms with E-state index in [1.807, 2.05) is 39.0 Å². The number of rotatable bonds is 5. The molecule has 0 radical (unpaired) electrons. The van der Waals surface area contributed by atoms with Crippen molar-refractivity contribution in [3.05, 3.63) is 48.0 Å². The normalized spacial score (nSPS) is 14.1. The van der Waals surface area contributed by atoms with E-state index in [0.29, 0.717) is 0 Å². The first-order valence-corrected chi connectivity index (χ1v) is 7.43. The lowest BCUT2D eigenvalue weighted by molar-refractivity contribution is -0.124. The molecular formula is C18H23NO2. The van der Waals surface area contributed by atoms with Crippen LogP contribution in [0.3, 0.4) is 0 Å². The quantitative estimate of drug-likeness (QED) is 0.884. The van der Waals surface area contributed by atoms with Crippen LogP contribution in [0.25, 0.3) is 10.8 Å². The SMILES string of the molecule is CC(NC(=O)CC(O)C(C)C)c1ccc2ccccc2c1. The summed E-state index contributed by atoms with van der Waals surface area (Å²) in [6, 6.07) is 14.3. The molecule has 21 heavy (non-hydrogen) atoms. The molecule has 0 aliphatic heterocycles. The number of carbonyl (C=O) groups is 1. The highest BCUT2D eigenvalue weighted by Crippen LogP contribution is 2.20. The predicted octanol–water partition coefficient (Wildman–Crippen LogP) is 3.42. The molecule has 3 heteroatoms. The largest absolute Gasteiger partial charge is 0.392 e. The van der Waals surface area contributed by atoms with E-state index in [1.54, 1.807) is 0 Å². The van der Waals surface area contributed by atoms with Crippen molar-refractivity contribution in [2.45, 2.75) is 39.3 Å². The number of hydrogen-bond acceptors (Lipinski definition) is 2. The van der Waals surface area contributed by atoms with Crippen LogP contribution < -0.4 is 5.32 Å². The van der Waals surface area contributed by atoms with Gasteiger partial charge in [-0.1, -0.05) is 50.2 Å². The molecule has 0 bridgehead atoms. The van der Waals surface area contributed by atoms with Crippen molar-refractivity contribution in [1.29, 1.82) is 0 Å². The van der Waals surface area contributed by atoms with Gasteiger partial charge in [0.1, 0.15) is 0 Å². The minimum Gasteiger partial charge on any atom is -0.392 e. The summed E-state index contributed by atoms with van der Waals surface area (Å²) in [7, 11) is 0. The molecule has 0 spiro atoms. The second-order valence-corrected chi connectivity index (χ2v) is 5.91. The number of carbonyl (C=O) groups excluding carboxylic acids is 1. The van der Waals surface area contributed by atoms with Crippen molar-refractivity contribution in [3.63, 3.8) is 0 Å². The Morgan fingerprint density at radius 2 is 1.76 bits per heavy atom. The van der Waals surface area contributed by atoms with E-state index >= 15 is 0 Å². The molecule has 0 aromatic heterocycles. The van der Waals surface area contributed by atoms with Gasteiger partial charge in [0.15, 0.2) is 0 Å². The summed E-state index contributed by atoms with van der Waals surface area (Å²) >= 11 is 0. The summed E-state index contributed by atoms with van der Waals surface area (Å²) in [6.07, 6.45) is -0.441. The van der Waals surface area contributed by atoms with Crippen LogP contribution >= 0.6 is 0 Å². The molecular weight excluding hydrogens is 262 g/mol. The topological polar surface area (TPSA) is 49.3 Å². The van der Waals surface area contributed by atoms with Gasteiger partial charge in [0, 0.05) is 0 Å². The van der Waals surface area contributed by atoms with Crippen LogP contribution in [-0.2, 0) is 4.79 Å². The first-order chi connectivity index (χ1) is 9.97. The van der Waals surface area contributed by atoms with Crippen LogP contribution in [0.15, 0.2) is 42.5 Å². The molecule has 2 rings (SSSR count). The third kappa shape index (κ3) is 4.05. The van der Waals surface area contributed by atoms with Gasteiger partial charge in [-0.25, -0.2) is 0 Å². The molecule has 0 heterocycles. The first kappa shape index (κ1) is 15.5. The zero-order valence-corrected chi connectivity index (χ0v) is 12.8. The fourth-order valence-electron chi connectivity index (χ4n) is 2.29. The van der Waals surface area contributed by atoms with Gasteiger partial charge in [-0.05, 0) is 35.2 Å². The van der Waals surface area contributed by atoms with E-state index in [2.05, 4.69) is 29.6 Å². The zero-order chi connectivity index (χ0) is 15.4. The van der Waals surface area contributed by atoms with Crippen LogP contribution in [0.2, 0.25) is 0 Å². The number of benzene rings is 2. The number of fused-ring (bicyclic) bond motifs is 1. The van der Waals surface area contributed by atoms with Gasteiger partial charge >= 0.3 is 0 Å². The fraction of sp³-hybridized carbons (Fsp3) is 0.389. The minimum atomic E-state index is -0.589. The number of aliphatic hydroxyl groups is 1. The maximum Gasteiger partial charge on any atom is 0.223 e. The number of hydrogen-bond donors (Lipinski definition) is 2. The Balaban J connectivity index is 2.04. The number of amides is 1. The van der Waals surface area contributed by atoms with Crippen LogP contribution in [0.4, 0.5) is 0 Å². The summed E-state index contributed by atoms with van der Waals surface area (Å²) in [6.45, 7) is 5.78. The summed E-state index contributed by atoms with van der Waals surface area (Å²) in [5, 5.41) is 15.1. The van der Waals surface area contributed by atoms with Crippen molar-refractivity contribution in [3.8, 4) is 0 Å². The third-order valence-corrected chi connectivity index (χ3v) is 3.82. The Hall–Kier alpha value is -1.87. The Bertz CT molecular complexity index is 621. The molecule has 112 valence electrons. The van der Waals surface area contributed by atoms with Crippen molar-refractivity contribution in [2.24, 2.45) is 5.92 Å². The van der Waals surface area contributed by atoms with Crippen LogP contribution in [0.1, 0.15) is 38.8 Å². The van der Waals surface area contributed by atoms with E-state index in [0.717, 1.165) is 5.56 Å². The average Bonchev–Trinajstić information content (AvgIpc) is 2.46. The highest BCUT2D eigenvalue weighted by molar-refractivity contribution is 5.83. The fourth-order valence-corrected chi connectivity index (χ4v) is 2.29. The summed E-state index contributed by atoms with van der Waals surface area (Å²) in [5.74, 6) is -0.0245. The molecule has 3 nitrogen and oxygen atoms in total. The van der Waals surface area contributed by atoms with Gasteiger partial charge in [0.25, 0.3) is 0 Å². The van der Waals surface area contributed by atoms with E-state index in [9.17, 15) is 9.90 Å². The summed E-state index contributed by atoms with van der Waals surface area (Å²) in [5.41, 5.74) is 1.07. The van der Waals surface area contributed by atoms with Gasteiger partial charge in [-0.15, -0.1) is 0 Å². The molecule has 0 saturated heterocycles. The maximum atomic E-state index is 11.9. The Kier molecular flexibility index (Phi) is 4.97. The average molecular weight is 285 g/mol. The van der Waals surface area contributed by atoms with Crippen LogP contribution in [0, 0.1) is 5.92 Å². The van der Waals surface area contributed by atoms with Crippen molar-refractivity contribution < 1.29 is 9.90 Å². The Morgan fingerprint density at radius 1 is 1.10 bits per heavy atom. The Morgan fingerprint density at radius 3 is 2.43 bits per heavy atom. The summed E-state index contributed by atoms with van der Waals surface area (Å²) < 4.78 is 0. The van der Waals surface area contributed by atoms with Crippen LogP contribution in [-0.4, -0.2) is 17.1 Å². The van der Waals surface area contributed by atoms with Gasteiger partial charge in [0.05, 0.1) is 18.6 Å². The maximum absolute atomic E-state index is 11.9. The Labute approximate surface area is 126 Å². The smallest absolute Gasteiger partial charge is 0.223 e. The van der Waals surface area contributed by atoms with E-state index < -0.39 is 6.10 Å². The monoisotopic (exact) mass is 285 g/mol. The molecule has 2 aromatic rings. The minimum absolute atomic E-state index is 0.0681. The van der Waals surface area contributed by atoms with Crippen molar-refractivity contribution >= 4 is 16.7 Å². The lowest BCUT2D eigenvalue weighted by Gasteiger charge is -2.18. The molecule has 2 aromatic carbocycles. The van der Waals surface area contributed by atoms with E-state index in [-0.39, 0.29) is 24.3 Å². The second-order valence-electron chi connectivity index (χ2n) is 5.91. The predicted molar refractivity (Wildman–Crippen MR) is 86.0 cm³/mol. The molecule has 0 aliphatic carbocycles. The van der Waals surface area contributed by atoms with Crippen LogP contribution in [0.5, 0.6) is 0 Å². The molecule has 2 unspecified atom stereocenters. The summed E-state index contributed by atoms with van der Waals surface area (Å²) in [4.78, 5) is 11.9. The first-order valence-electron chi connectivity index (χ1n) is 7.43. The standard InChI is InChI=1S/C18H23NO2/c1-12(2)17(20)11-18(21)19-13(3)15-9-8-14-6-4-5-7-16(14)10-15/h4-10,12-13,17,20H,11H2,1-3H3,(H,19,21). The van der Waals surface area contributed by atoms with Gasteiger partial charge in [-0.2, -0.15) is 0 Å². The zero-order valence-electron chi connectivity index (χ0n) is 12.8. The van der Waals surface area contributed by atoms with Crippen molar-refractivity contribution in [2.75, 3.05) is 0 Å². The molecule has 2 atom stereocenters. The van der Waals surface area contributed by atoms with Gasteiger partial charge in [0.2, 0.25) is 5.91 Å². The van der Waals surface area contributed by atoms with Gasteiger partial charge in [-0.3, -0.25) is 4.79 Å². The molecule has 1 amide bonds. The number of nitrogens with one attached hydrogen (secondary N) is 1. The highest BCUT2D eigenvalue weighted by atomic mass is 16.3. The molecule has 2 N–H and O–H groups in total. The van der Waals surface area contributed by atoms with Gasteiger partial charge < -0.3 is 10.4 Å². The number of aliphatic hydroxyl groups excluding tert-OH is 1. The molecule has 0 aliphatic rings. The molecule has 0 fully saturated rings. The molecule has 0 saturated carbocycles. The third-order valence-electron chi connectivity index (χ3n) is 3.82. The van der Waals surface area contributed by atoms with E-state index in [4.69, 9.17) is 0 Å².